The van der Waals surface area contributed by atoms with Gasteiger partial charge in [0.1, 0.15) is 5.75 Å². The Kier molecular flexibility index (Phi) is 4.93. The molecule has 0 radical (unpaired) electrons. The molecule has 1 aliphatic rings. The molecule has 1 fully saturated rings. The van der Waals surface area contributed by atoms with E-state index >= 15 is 0 Å². The number of carbonyl (C=O) groups is 1. The molecule has 23 heavy (non-hydrogen) atoms. The molecule has 2 aromatic carbocycles. The van der Waals surface area contributed by atoms with E-state index in [1.807, 2.05) is 36.4 Å². The van der Waals surface area contributed by atoms with Crippen LogP contribution in [0.4, 0.5) is 4.79 Å². The van der Waals surface area contributed by atoms with Gasteiger partial charge in [0, 0.05) is 11.6 Å². The van der Waals surface area contributed by atoms with Gasteiger partial charge in [0.25, 0.3) is 0 Å². The Bertz CT molecular complexity index is 661. The summed E-state index contributed by atoms with van der Waals surface area (Å²) in [6, 6.07) is 16.0. The fourth-order valence-corrected chi connectivity index (χ4v) is 2.79. The molecule has 1 saturated heterocycles. The lowest BCUT2D eigenvalue weighted by Crippen LogP contribution is -2.43. The van der Waals surface area contributed by atoms with Gasteiger partial charge in [-0.25, -0.2) is 4.79 Å². The first kappa shape index (κ1) is 15.6. The predicted octanol–water partition coefficient (Wildman–Crippen LogP) is 3.50. The summed E-state index contributed by atoms with van der Waals surface area (Å²) in [5, 5.41) is 6.23. The summed E-state index contributed by atoms with van der Waals surface area (Å²) in [5.41, 5.74) is 3.17. The number of hydrogen-bond acceptors (Lipinski definition) is 3. The molecule has 2 aromatic rings. The van der Waals surface area contributed by atoms with Crippen molar-refractivity contribution < 1.29 is 9.53 Å². The minimum absolute atomic E-state index is 0.190. The number of carbonyl (C=O) groups excluding carboxylic acids is 1. The number of piperidine rings is 1. The third-order valence-electron chi connectivity index (χ3n) is 4.11. The standard InChI is InChI=1S/C19H22N2O2/c1-14-6-8-15(9-7-14)17-4-2-3-5-18(17)23-19(22)21-16-10-12-20-13-11-16/h2-9,16,20H,10-13H2,1H3,(H,21,22). The third kappa shape index (κ3) is 4.11. The molecule has 4 heteroatoms. The molecule has 0 spiro atoms. The Hall–Kier alpha value is -2.33. The average Bonchev–Trinajstić information content (AvgIpc) is 2.57. The number of para-hydroxylation sites is 1. The van der Waals surface area contributed by atoms with Crippen molar-refractivity contribution in [3.8, 4) is 16.9 Å². The first-order valence-electron chi connectivity index (χ1n) is 8.07. The lowest BCUT2D eigenvalue weighted by atomic mass is 10.0. The highest BCUT2D eigenvalue weighted by molar-refractivity contribution is 5.77. The van der Waals surface area contributed by atoms with Crippen molar-refractivity contribution in [2.45, 2.75) is 25.8 Å². The van der Waals surface area contributed by atoms with Crippen LogP contribution in [0.2, 0.25) is 0 Å². The van der Waals surface area contributed by atoms with Crippen LogP contribution in [-0.2, 0) is 0 Å². The highest BCUT2D eigenvalue weighted by atomic mass is 16.6. The largest absolute Gasteiger partial charge is 0.412 e. The number of amides is 1. The summed E-state index contributed by atoms with van der Waals surface area (Å²) in [6.45, 7) is 3.93. The van der Waals surface area contributed by atoms with Crippen LogP contribution in [0.25, 0.3) is 11.1 Å². The molecule has 1 amide bonds. The molecule has 1 aliphatic heterocycles. The zero-order valence-electron chi connectivity index (χ0n) is 13.3. The van der Waals surface area contributed by atoms with Crippen LogP contribution in [0.15, 0.2) is 48.5 Å². The predicted molar refractivity (Wildman–Crippen MR) is 91.7 cm³/mol. The first-order valence-corrected chi connectivity index (χ1v) is 8.07. The molecule has 0 saturated carbocycles. The number of nitrogens with one attached hydrogen (secondary N) is 2. The zero-order chi connectivity index (χ0) is 16.1. The van der Waals surface area contributed by atoms with Crippen molar-refractivity contribution in [3.05, 3.63) is 54.1 Å². The molecule has 1 heterocycles. The summed E-state index contributed by atoms with van der Waals surface area (Å²) in [5.74, 6) is 0.586. The van der Waals surface area contributed by atoms with Crippen molar-refractivity contribution in [2.75, 3.05) is 13.1 Å². The number of aryl methyl sites for hydroxylation is 1. The molecule has 0 aromatic heterocycles. The van der Waals surface area contributed by atoms with Gasteiger partial charge in [0.2, 0.25) is 0 Å². The normalized spacial score (nSPS) is 15.2. The van der Waals surface area contributed by atoms with E-state index in [0.29, 0.717) is 5.75 Å². The Balaban J connectivity index is 1.72. The van der Waals surface area contributed by atoms with E-state index in [0.717, 1.165) is 37.1 Å². The van der Waals surface area contributed by atoms with Crippen LogP contribution in [0.5, 0.6) is 5.75 Å². The van der Waals surface area contributed by atoms with Crippen molar-refractivity contribution >= 4 is 6.09 Å². The van der Waals surface area contributed by atoms with Crippen molar-refractivity contribution in [3.63, 3.8) is 0 Å². The maximum atomic E-state index is 12.2. The van der Waals surface area contributed by atoms with Crippen LogP contribution in [0.3, 0.4) is 0 Å². The minimum atomic E-state index is -0.378. The highest BCUT2D eigenvalue weighted by Crippen LogP contribution is 2.30. The van der Waals surface area contributed by atoms with Gasteiger partial charge in [-0.1, -0.05) is 48.0 Å². The molecule has 0 aliphatic carbocycles. The van der Waals surface area contributed by atoms with Gasteiger partial charge in [-0.15, -0.1) is 0 Å². The summed E-state index contributed by atoms with van der Waals surface area (Å²) in [7, 11) is 0. The summed E-state index contributed by atoms with van der Waals surface area (Å²) in [4.78, 5) is 12.2. The highest BCUT2D eigenvalue weighted by Gasteiger charge is 2.17. The number of hydrogen-bond donors (Lipinski definition) is 2. The fourth-order valence-electron chi connectivity index (χ4n) is 2.79. The van der Waals surface area contributed by atoms with Gasteiger partial charge in [-0.2, -0.15) is 0 Å². The number of rotatable bonds is 3. The minimum Gasteiger partial charge on any atom is -0.410 e. The monoisotopic (exact) mass is 310 g/mol. The van der Waals surface area contributed by atoms with Crippen LogP contribution >= 0.6 is 0 Å². The molecule has 4 nitrogen and oxygen atoms in total. The Morgan fingerprint density at radius 3 is 2.52 bits per heavy atom. The van der Waals surface area contributed by atoms with E-state index < -0.39 is 0 Å². The molecule has 120 valence electrons. The van der Waals surface area contributed by atoms with Crippen molar-refractivity contribution in [2.24, 2.45) is 0 Å². The number of ether oxygens (including phenoxy) is 1. The van der Waals surface area contributed by atoms with E-state index in [2.05, 4.69) is 29.7 Å². The van der Waals surface area contributed by atoms with Gasteiger partial charge in [-0.3, -0.25) is 0 Å². The van der Waals surface area contributed by atoms with Crippen LogP contribution in [0, 0.1) is 6.92 Å². The van der Waals surface area contributed by atoms with Gasteiger partial charge < -0.3 is 15.4 Å². The second-order valence-corrected chi connectivity index (χ2v) is 5.92. The van der Waals surface area contributed by atoms with Gasteiger partial charge in [0.15, 0.2) is 0 Å². The van der Waals surface area contributed by atoms with Crippen LogP contribution in [0.1, 0.15) is 18.4 Å². The number of benzene rings is 2. The summed E-state index contributed by atoms with van der Waals surface area (Å²) >= 11 is 0. The molecule has 2 N–H and O–H groups in total. The Morgan fingerprint density at radius 1 is 1.09 bits per heavy atom. The van der Waals surface area contributed by atoms with Gasteiger partial charge in [0.05, 0.1) is 0 Å². The average molecular weight is 310 g/mol. The Labute approximate surface area is 136 Å². The molecule has 0 unspecified atom stereocenters. The first-order chi connectivity index (χ1) is 11.2. The van der Waals surface area contributed by atoms with Crippen molar-refractivity contribution in [1.29, 1.82) is 0 Å². The fraction of sp³-hybridized carbons (Fsp3) is 0.316. The van der Waals surface area contributed by atoms with Gasteiger partial charge in [-0.05, 0) is 44.5 Å². The molecular formula is C19H22N2O2. The molecule has 0 atom stereocenters. The molecular weight excluding hydrogens is 288 g/mol. The summed E-state index contributed by atoms with van der Waals surface area (Å²) < 4.78 is 5.56. The van der Waals surface area contributed by atoms with E-state index in [-0.39, 0.29) is 12.1 Å². The van der Waals surface area contributed by atoms with E-state index in [1.165, 1.54) is 5.56 Å². The maximum absolute atomic E-state index is 12.2. The van der Waals surface area contributed by atoms with Crippen molar-refractivity contribution in [1.82, 2.24) is 10.6 Å². The smallest absolute Gasteiger partial charge is 0.410 e. The summed E-state index contributed by atoms with van der Waals surface area (Å²) in [6.07, 6.45) is 1.50. The second-order valence-electron chi connectivity index (χ2n) is 5.92. The quantitative estimate of drug-likeness (QED) is 0.912. The van der Waals surface area contributed by atoms with Gasteiger partial charge >= 0.3 is 6.09 Å². The molecule has 0 bridgehead atoms. The SMILES string of the molecule is Cc1ccc(-c2ccccc2OC(=O)NC2CCNCC2)cc1. The van der Waals surface area contributed by atoms with E-state index in [4.69, 9.17) is 4.74 Å². The molecule has 3 rings (SSSR count). The van der Waals surface area contributed by atoms with Crippen LogP contribution in [-0.4, -0.2) is 25.2 Å². The lowest BCUT2D eigenvalue weighted by Gasteiger charge is -2.23. The Morgan fingerprint density at radius 2 is 1.78 bits per heavy atom. The second kappa shape index (κ2) is 7.29. The topological polar surface area (TPSA) is 50.4 Å². The lowest BCUT2D eigenvalue weighted by molar-refractivity contribution is 0.193. The third-order valence-corrected chi connectivity index (χ3v) is 4.11. The van der Waals surface area contributed by atoms with E-state index in [1.54, 1.807) is 0 Å². The van der Waals surface area contributed by atoms with Crippen LogP contribution < -0.4 is 15.4 Å². The zero-order valence-corrected chi connectivity index (χ0v) is 13.3. The van der Waals surface area contributed by atoms with E-state index in [9.17, 15) is 4.79 Å². The maximum Gasteiger partial charge on any atom is 0.412 e.